The zero-order chi connectivity index (χ0) is 19.8. The monoisotopic (exact) mass is 387 g/mol. The lowest BCUT2D eigenvalue weighted by Crippen LogP contribution is -2.24. The van der Waals surface area contributed by atoms with Crippen LogP contribution in [0.1, 0.15) is 28.8 Å². The Balaban J connectivity index is 1.82. The molecule has 27 heavy (non-hydrogen) atoms. The Kier molecular flexibility index (Phi) is 4.79. The number of allylic oxidation sites excluding steroid dienone is 3. The van der Waals surface area contributed by atoms with Gasteiger partial charge in [-0.2, -0.15) is 13.2 Å². The molecule has 1 N–H and O–H groups in total. The van der Waals surface area contributed by atoms with Crippen LogP contribution in [0.5, 0.6) is 5.75 Å². The number of hydrogen-bond acceptors (Lipinski definition) is 3. The molecule has 1 amide bonds. The molecule has 1 unspecified atom stereocenters. The molecule has 0 spiro atoms. The molecule has 0 radical (unpaired) electrons. The van der Waals surface area contributed by atoms with E-state index in [1.54, 1.807) is 0 Å². The maximum atomic E-state index is 13.0. The van der Waals surface area contributed by atoms with Crippen LogP contribution in [0, 0.1) is 5.92 Å². The molecule has 4 nitrogen and oxygen atoms in total. The quantitative estimate of drug-likeness (QED) is 0.781. The van der Waals surface area contributed by atoms with Crippen molar-refractivity contribution in [2.75, 3.05) is 6.61 Å². The van der Waals surface area contributed by atoms with Crippen LogP contribution >= 0.6 is 0 Å². The third kappa shape index (κ3) is 4.53. The maximum absolute atomic E-state index is 13.0. The van der Waals surface area contributed by atoms with Crippen molar-refractivity contribution in [1.29, 1.82) is 0 Å². The summed E-state index contributed by atoms with van der Waals surface area (Å²) in [5, 5.41) is 2.39. The van der Waals surface area contributed by atoms with Crippen molar-refractivity contribution in [2.45, 2.75) is 24.9 Å². The zero-order valence-electron chi connectivity index (χ0n) is 13.8. The van der Waals surface area contributed by atoms with Gasteiger partial charge in [-0.15, -0.1) is 0 Å². The van der Waals surface area contributed by atoms with Gasteiger partial charge in [-0.05, 0) is 24.3 Å². The average Bonchev–Trinajstić information content (AvgIpc) is 3.18. The number of nitrogens with one attached hydrogen (secondary N) is 1. The summed E-state index contributed by atoms with van der Waals surface area (Å²) in [4.78, 5) is 23.7. The predicted molar refractivity (Wildman–Crippen MR) is 84.3 cm³/mol. The number of amides is 1. The minimum absolute atomic E-state index is 0.177. The van der Waals surface area contributed by atoms with Crippen LogP contribution in [-0.4, -0.2) is 24.2 Å². The summed E-state index contributed by atoms with van der Waals surface area (Å²) < 4.78 is 69.8. The predicted octanol–water partition coefficient (Wildman–Crippen LogP) is 3.88. The fourth-order valence-corrected chi connectivity index (χ4v) is 2.51. The number of ether oxygens (including phenoxy) is 1. The molecule has 2 aliphatic carbocycles. The molecule has 144 valence electrons. The van der Waals surface area contributed by atoms with Gasteiger partial charge in [0.15, 0.2) is 5.78 Å². The van der Waals surface area contributed by atoms with Gasteiger partial charge in [-0.25, -0.2) is 8.78 Å². The van der Waals surface area contributed by atoms with E-state index in [0.717, 1.165) is 6.07 Å². The molecule has 0 bridgehead atoms. The SMILES string of the molecule is O=C1C=C(NC(=O)c2ccc(C(F)(F)F)cc2OCC2CC2(F)F)C=CC1. The van der Waals surface area contributed by atoms with E-state index in [9.17, 15) is 31.5 Å². The Hall–Kier alpha value is -2.71. The van der Waals surface area contributed by atoms with Crippen molar-refractivity contribution in [3.05, 3.63) is 53.3 Å². The van der Waals surface area contributed by atoms with E-state index in [0.29, 0.717) is 12.1 Å². The first-order valence-corrected chi connectivity index (χ1v) is 8.00. The van der Waals surface area contributed by atoms with Crippen LogP contribution in [0.2, 0.25) is 0 Å². The van der Waals surface area contributed by atoms with Crippen LogP contribution in [-0.2, 0) is 11.0 Å². The number of carbonyl (C=O) groups excluding carboxylic acids is 2. The van der Waals surface area contributed by atoms with Gasteiger partial charge >= 0.3 is 6.18 Å². The summed E-state index contributed by atoms with van der Waals surface area (Å²) in [5.41, 5.74) is -1.14. The average molecular weight is 387 g/mol. The fourth-order valence-electron chi connectivity index (χ4n) is 2.51. The number of carbonyl (C=O) groups is 2. The maximum Gasteiger partial charge on any atom is 0.416 e. The van der Waals surface area contributed by atoms with E-state index in [2.05, 4.69) is 5.32 Å². The van der Waals surface area contributed by atoms with E-state index in [1.807, 2.05) is 0 Å². The second kappa shape index (κ2) is 6.79. The van der Waals surface area contributed by atoms with Crippen LogP contribution in [0.3, 0.4) is 0 Å². The summed E-state index contributed by atoms with van der Waals surface area (Å²) in [6.07, 6.45) is -0.714. The lowest BCUT2D eigenvalue weighted by atomic mass is 10.1. The molecule has 2 aliphatic rings. The molecule has 1 saturated carbocycles. The van der Waals surface area contributed by atoms with Crippen molar-refractivity contribution < 1.29 is 36.3 Å². The van der Waals surface area contributed by atoms with E-state index in [-0.39, 0.29) is 23.5 Å². The van der Waals surface area contributed by atoms with Gasteiger partial charge < -0.3 is 10.1 Å². The smallest absolute Gasteiger partial charge is 0.416 e. The minimum Gasteiger partial charge on any atom is -0.492 e. The summed E-state index contributed by atoms with van der Waals surface area (Å²) in [6.45, 7) is -0.504. The highest BCUT2D eigenvalue weighted by atomic mass is 19.4. The molecule has 1 atom stereocenters. The van der Waals surface area contributed by atoms with E-state index in [1.165, 1.54) is 18.2 Å². The summed E-state index contributed by atoms with van der Waals surface area (Å²) in [7, 11) is 0. The topological polar surface area (TPSA) is 55.4 Å². The van der Waals surface area contributed by atoms with Crippen LogP contribution < -0.4 is 10.1 Å². The van der Waals surface area contributed by atoms with E-state index in [4.69, 9.17) is 4.74 Å². The Morgan fingerprint density at radius 2 is 2.00 bits per heavy atom. The molecular formula is C18H14F5NO3. The highest BCUT2D eigenvalue weighted by Crippen LogP contribution is 2.48. The van der Waals surface area contributed by atoms with Crippen LogP contribution in [0.4, 0.5) is 22.0 Å². The van der Waals surface area contributed by atoms with Crippen molar-refractivity contribution in [3.63, 3.8) is 0 Å². The number of benzene rings is 1. The fraction of sp³-hybridized carbons (Fsp3) is 0.333. The molecule has 9 heteroatoms. The molecule has 1 aromatic carbocycles. The van der Waals surface area contributed by atoms with Gasteiger partial charge in [0.1, 0.15) is 5.75 Å². The number of hydrogen-bond donors (Lipinski definition) is 1. The number of ketones is 1. The molecule has 0 saturated heterocycles. The molecule has 1 aromatic rings. The molecule has 0 aliphatic heterocycles. The number of halogens is 5. The standard InChI is InChI=1S/C18H14F5NO3/c19-17(20)8-11(17)9-27-15-6-10(18(21,22)23)4-5-14(15)16(26)24-12-2-1-3-13(25)7-12/h1-2,4-7,11H,3,8-9H2,(H,24,26). The Morgan fingerprint density at radius 3 is 2.59 bits per heavy atom. The third-order valence-electron chi connectivity index (χ3n) is 4.14. The first-order chi connectivity index (χ1) is 12.6. The number of rotatable bonds is 5. The van der Waals surface area contributed by atoms with Gasteiger partial charge in [0.2, 0.25) is 0 Å². The summed E-state index contributed by atoms with van der Waals surface area (Å²) in [5.74, 6) is -5.50. The number of alkyl halides is 5. The Morgan fingerprint density at radius 1 is 1.30 bits per heavy atom. The Bertz CT molecular complexity index is 842. The van der Waals surface area contributed by atoms with Crippen LogP contribution in [0.15, 0.2) is 42.1 Å². The zero-order valence-corrected chi connectivity index (χ0v) is 13.8. The van der Waals surface area contributed by atoms with Gasteiger partial charge in [-0.1, -0.05) is 6.08 Å². The lowest BCUT2D eigenvalue weighted by molar-refractivity contribution is -0.137. The summed E-state index contributed by atoms with van der Waals surface area (Å²) >= 11 is 0. The second-order valence-corrected chi connectivity index (χ2v) is 6.31. The van der Waals surface area contributed by atoms with Crippen molar-refractivity contribution in [1.82, 2.24) is 5.32 Å². The van der Waals surface area contributed by atoms with Crippen molar-refractivity contribution in [2.24, 2.45) is 5.92 Å². The molecule has 3 rings (SSSR count). The van der Waals surface area contributed by atoms with Gasteiger partial charge in [0, 0.05) is 24.6 Å². The molecular weight excluding hydrogens is 373 g/mol. The highest BCUT2D eigenvalue weighted by Gasteiger charge is 2.57. The van der Waals surface area contributed by atoms with Crippen LogP contribution in [0.25, 0.3) is 0 Å². The normalized spacial score (nSPS) is 20.9. The van der Waals surface area contributed by atoms with Gasteiger partial charge in [0.25, 0.3) is 11.8 Å². The van der Waals surface area contributed by atoms with Crippen molar-refractivity contribution >= 4 is 11.7 Å². The third-order valence-corrected chi connectivity index (χ3v) is 4.14. The highest BCUT2D eigenvalue weighted by molar-refractivity contribution is 6.00. The molecule has 0 heterocycles. The summed E-state index contributed by atoms with van der Waals surface area (Å²) in [6, 6.07) is 2.21. The molecule has 0 aromatic heterocycles. The first-order valence-electron chi connectivity index (χ1n) is 8.00. The largest absolute Gasteiger partial charge is 0.492 e. The minimum atomic E-state index is -4.68. The van der Waals surface area contributed by atoms with Gasteiger partial charge in [-0.3, -0.25) is 9.59 Å². The van der Waals surface area contributed by atoms with E-state index >= 15 is 0 Å². The Labute approximate surface area is 150 Å². The first kappa shape index (κ1) is 19.1. The molecule has 1 fully saturated rings. The van der Waals surface area contributed by atoms with E-state index < -0.39 is 48.3 Å². The second-order valence-electron chi connectivity index (χ2n) is 6.31. The van der Waals surface area contributed by atoms with Gasteiger partial charge in [0.05, 0.1) is 23.7 Å². The van der Waals surface area contributed by atoms with Crippen molar-refractivity contribution in [3.8, 4) is 5.75 Å². The lowest BCUT2D eigenvalue weighted by Gasteiger charge is -2.15.